The molecule has 0 aromatic carbocycles. The SMILES string of the molecule is CCCC(C)C(NN)C(C)(C)N1CCCCC1. The predicted octanol–water partition coefficient (Wildman–Crippen LogP) is 2.52. The van der Waals surface area contributed by atoms with Crippen LogP contribution in [0.15, 0.2) is 0 Å². The van der Waals surface area contributed by atoms with Gasteiger partial charge in [0.1, 0.15) is 0 Å². The number of hydrogen-bond donors (Lipinski definition) is 2. The molecule has 2 atom stereocenters. The molecule has 1 heterocycles. The zero-order valence-electron chi connectivity index (χ0n) is 12.1. The highest BCUT2D eigenvalue weighted by Crippen LogP contribution is 2.28. The van der Waals surface area contributed by atoms with Crippen molar-refractivity contribution in [2.24, 2.45) is 11.8 Å². The molecule has 0 aromatic rings. The summed E-state index contributed by atoms with van der Waals surface area (Å²) in [6.45, 7) is 11.7. The van der Waals surface area contributed by atoms with Crippen molar-refractivity contribution < 1.29 is 0 Å². The van der Waals surface area contributed by atoms with E-state index in [4.69, 9.17) is 5.84 Å². The van der Waals surface area contributed by atoms with Gasteiger partial charge in [0.05, 0.1) is 0 Å². The monoisotopic (exact) mass is 241 g/mol. The van der Waals surface area contributed by atoms with Crippen LogP contribution < -0.4 is 11.3 Å². The van der Waals surface area contributed by atoms with Crippen LogP contribution in [0.1, 0.15) is 59.8 Å². The Morgan fingerprint density at radius 2 is 1.82 bits per heavy atom. The molecule has 0 radical (unpaired) electrons. The molecule has 1 fully saturated rings. The van der Waals surface area contributed by atoms with Crippen molar-refractivity contribution in [3.63, 3.8) is 0 Å². The number of nitrogens with zero attached hydrogens (tertiary/aromatic N) is 1. The van der Waals surface area contributed by atoms with E-state index in [2.05, 4.69) is 38.0 Å². The van der Waals surface area contributed by atoms with Crippen molar-refractivity contribution in [3.05, 3.63) is 0 Å². The van der Waals surface area contributed by atoms with Crippen LogP contribution in [-0.2, 0) is 0 Å². The fourth-order valence-electron chi connectivity index (χ4n) is 3.35. The number of hydrogen-bond acceptors (Lipinski definition) is 3. The van der Waals surface area contributed by atoms with Crippen molar-refractivity contribution in [2.45, 2.75) is 71.4 Å². The minimum Gasteiger partial charge on any atom is -0.297 e. The van der Waals surface area contributed by atoms with Gasteiger partial charge >= 0.3 is 0 Å². The summed E-state index contributed by atoms with van der Waals surface area (Å²) in [7, 11) is 0. The Hall–Kier alpha value is -0.120. The number of hydrazine groups is 1. The molecule has 3 N–H and O–H groups in total. The number of nitrogens with one attached hydrogen (secondary N) is 1. The molecule has 2 unspecified atom stereocenters. The highest BCUT2D eigenvalue weighted by molar-refractivity contribution is 4.96. The van der Waals surface area contributed by atoms with Gasteiger partial charge in [-0.1, -0.05) is 26.7 Å². The van der Waals surface area contributed by atoms with Gasteiger partial charge in [-0.25, -0.2) is 0 Å². The Morgan fingerprint density at radius 1 is 1.24 bits per heavy atom. The van der Waals surface area contributed by atoms with E-state index >= 15 is 0 Å². The highest BCUT2D eigenvalue weighted by atomic mass is 15.3. The van der Waals surface area contributed by atoms with Crippen LogP contribution in [0.5, 0.6) is 0 Å². The number of rotatable bonds is 6. The zero-order chi connectivity index (χ0) is 12.9. The first-order chi connectivity index (χ1) is 8.04. The van der Waals surface area contributed by atoms with Crippen LogP contribution in [-0.4, -0.2) is 29.6 Å². The fourth-order valence-corrected chi connectivity index (χ4v) is 3.35. The molecule has 0 bridgehead atoms. The summed E-state index contributed by atoms with van der Waals surface area (Å²) in [6, 6.07) is 0.376. The second kappa shape index (κ2) is 6.72. The van der Waals surface area contributed by atoms with E-state index in [-0.39, 0.29) is 5.54 Å². The van der Waals surface area contributed by atoms with Crippen LogP contribution >= 0.6 is 0 Å². The minimum absolute atomic E-state index is 0.157. The van der Waals surface area contributed by atoms with Gasteiger partial charge in [-0.15, -0.1) is 0 Å². The summed E-state index contributed by atoms with van der Waals surface area (Å²) in [5.41, 5.74) is 3.24. The third kappa shape index (κ3) is 3.67. The molecule has 0 aliphatic carbocycles. The fraction of sp³-hybridized carbons (Fsp3) is 1.00. The molecule has 1 saturated heterocycles. The normalized spacial score (nSPS) is 22.4. The van der Waals surface area contributed by atoms with E-state index in [0.717, 1.165) is 0 Å². The van der Waals surface area contributed by atoms with E-state index in [1.54, 1.807) is 0 Å². The smallest absolute Gasteiger partial charge is 0.0414 e. The number of piperidine rings is 1. The molecule has 3 nitrogen and oxygen atoms in total. The molecule has 0 spiro atoms. The molecule has 3 heteroatoms. The molecule has 1 aliphatic heterocycles. The Morgan fingerprint density at radius 3 is 2.29 bits per heavy atom. The van der Waals surface area contributed by atoms with Crippen molar-refractivity contribution in [1.29, 1.82) is 0 Å². The summed E-state index contributed by atoms with van der Waals surface area (Å²) in [6.07, 6.45) is 6.53. The van der Waals surface area contributed by atoms with Gasteiger partial charge in [-0.05, 0) is 52.1 Å². The van der Waals surface area contributed by atoms with Crippen LogP contribution in [0, 0.1) is 5.92 Å². The lowest BCUT2D eigenvalue weighted by atomic mass is 9.81. The first-order valence-electron chi connectivity index (χ1n) is 7.25. The zero-order valence-corrected chi connectivity index (χ0v) is 12.1. The van der Waals surface area contributed by atoms with Crippen molar-refractivity contribution >= 4 is 0 Å². The molecule has 1 aliphatic rings. The van der Waals surface area contributed by atoms with Gasteiger partial charge in [0.25, 0.3) is 0 Å². The van der Waals surface area contributed by atoms with Crippen LogP contribution in [0.2, 0.25) is 0 Å². The van der Waals surface area contributed by atoms with Crippen LogP contribution in [0.4, 0.5) is 0 Å². The van der Waals surface area contributed by atoms with E-state index < -0.39 is 0 Å². The van der Waals surface area contributed by atoms with Crippen LogP contribution in [0.25, 0.3) is 0 Å². The first kappa shape index (κ1) is 14.9. The third-order valence-corrected chi connectivity index (χ3v) is 4.42. The van der Waals surface area contributed by atoms with Crippen molar-refractivity contribution in [2.75, 3.05) is 13.1 Å². The maximum Gasteiger partial charge on any atom is 0.0414 e. The average Bonchev–Trinajstić information content (AvgIpc) is 2.31. The van der Waals surface area contributed by atoms with Gasteiger partial charge in [-0.2, -0.15) is 0 Å². The second-order valence-electron chi connectivity index (χ2n) is 6.11. The standard InChI is InChI=1S/C14H31N3/c1-5-9-12(2)13(16-15)14(3,4)17-10-7-6-8-11-17/h12-13,16H,5-11,15H2,1-4H3. The van der Waals surface area contributed by atoms with E-state index in [0.29, 0.717) is 12.0 Å². The Labute approximate surface area is 107 Å². The van der Waals surface area contributed by atoms with Gasteiger partial charge in [-0.3, -0.25) is 16.2 Å². The topological polar surface area (TPSA) is 41.3 Å². The maximum absolute atomic E-state index is 5.82. The minimum atomic E-state index is 0.157. The summed E-state index contributed by atoms with van der Waals surface area (Å²) in [5.74, 6) is 6.45. The summed E-state index contributed by atoms with van der Waals surface area (Å²) >= 11 is 0. The predicted molar refractivity (Wildman–Crippen MR) is 74.7 cm³/mol. The molecular weight excluding hydrogens is 210 g/mol. The van der Waals surface area contributed by atoms with Crippen molar-refractivity contribution in [3.8, 4) is 0 Å². The van der Waals surface area contributed by atoms with Crippen molar-refractivity contribution in [1.82, 2.24) is 10.3 Å². The average molecular weight is 241 g/mol. The molecule has 17 heavy (non-hydrogen) atoms. The number of nitrogens with two attached hydrogens (primary N) is 1. The van der Waals surface area contributed by atoms with E-state index in [1.165, 1.54) is 45.2 Å². The summed E-state index contributed by atoms with van der Waals surface area (Å²) in [4.78, 5) is 2.62. The van der Waals surface area contributed by atoms with E-state index in [9.17, 15) is 0 Å². The second-order valence-corrected chi connectivity index (χ2v) is 6.11. The lowest BCUT2D eigenvalue weighted by Gasteiger charge is -2.47. The van der Waals surface area contributed by atoms with Gasteiger partial charge < -0.3 is 0 Å². The summed E-state index contributed by atoms with van der Waals surface area (Å²) in [5, 5.41) is 0. The largest absolute Gasteiger partial charge is 0.297 e. The van der Waals surface area contributed by atoms with E-state index in [1.807, 2.05) is 0 Å². The lowest BCUT2D eigenvalue weighted by Crippen LogP contribution is -2.62. The third-order valence-electron chi connectivity index (χ3n) is 4.42. The van der Waals surface area contributed by atoms with Crippen LogP contribution in [0.3, 0.4) is 0 Å². The molecule has 0 saturated carbocycles. The maximum atomic E-state index is 5.82. The quantitative estimate of drug-likeness (QED) is 0.554. The molecule has 1 rings (SSSR count). The summed E-state index contributed by atoms with van der Waals surface area (Å²) < 4.78 is 0. The molecular formula is C14H31N3. The molecule has 0 aromatic heterocycles. The van der Waals surface area contributed by atoms with Gasteiger partial charge in [0.15, 0.2) is 0 Å². The molecule has 102 valence electrons. The molecule has 0 amide bonds. The van der Waals surface area contributed by atoms with Gasteiger partial charge in [0.2, 0.25) is 0 Å². The highest BCUT2D eigenvalue weighted by Gasteiger charge is 2.37. The number of likely N-dealkylation sites (tertiary alicyclic amines) is 1. The van der Waals surface area contributed by atoms with Gasteiger partial charge in [0, 0.05) is 11.6 Å². The lowest BCUT2D eigenvalue weighted by molar-refractivity contribution is 0.0412. The Bertz CT molecular complexity index is 210. The Kier molecular flexibility index (Phi) is 5.90. The first-order valence-corrected chi connectivity index (χ1v) is 7.25. The Balaban J connectivity index is 2.69.